The number of quaternary nitrogens is 1. The van der Waals surface area contributed by atoms with Crippen LogP contribution >= 0.6 is 12.6 Å². The topological polar surface area (TPSA) is 77.0 Å². The maximum absolute atomic E-state index is 10.1. The van der Waals surface area contributed by atoms with E-state index in [1.165, 1.54) is 51.5 Å². The molecule has 4 nitrogen and oxygen atoms in total. The monoisotopic (exact) mass is 423 g/mol. The maximum Gasteiger partial charge on any atom is 0.0916 e. The summed E-state index contributed by atoms with van der Waals surface area (Å²) in [6, 6.07) is 0.838. The second-order valence-electron chi connectivity index (χ2n) is 10.5. The number of hydrogen-bond acceptors (Lipinski definition) is 4. The lowest BCUT2D eigenvalue weighted by atomic mass is 9.48. The van der Waals surface area contributed by atoms with Gasteiger partial charge in [0.2, 0.25) is 0 Å². The van der Waals surface area contributed by atoms with E-state index in [2.05, 4.69) is 37.9 Å². The standard InChI is InChI=1S/C22H37NOS.C2H4O2/c1-21-10-8-16(24)14-15(21)4-5-17-18-6-7-20(23-12-3-13-25)22(18,2)11-9-19(17)21;1-2(3)4/h4,16-20,23-25H,3,5-14H2,1-2H3;1H3,(H,3,4)/t16-,17?,18?,19?,20-,21-,22-;/m0./s1. The third-order valence-electron chi connectivity index (χ3n) is 8.96. The highest BCUT2D eigenvalue weighted by Crippen LogP contribution is 2.64. The zero-order valence-corrected chi connectivity index (χ0v) is 19.4. The van der Waals surface area contributed by atoms with Crippen LogP contribution in [0.1, 0.15) is 78.6 Å². The van der Waals surface area contributed by atoms with Gasteiger partial charge in [0.1, 0.15) is 0 Å². The van der Waals surface area contributed by atoms with Gasteiger partial charge in [-0.25, -0.2) is 0 Å². The molecule has 0 bridgehead atoms. The summed E-state index contributed by atoms with van der Waals surface area (Å²) >= 11 is 4.39. The molecule has 0 aliphatic heterocycles. The van der Waals surface area contributed by atoms with E-state index in [0.29, 0.717) is 10.8 Å². The molecule has 0 aromatic heterocycles. The first kappa shape index (κ1) is 23.1. The van der Waals surface area contributed by atoms with Crippen molar-refractivity contribution in [3.63, 3.8) is 0 Å². The van der Waals surface area contributed by atoms with Gasteiger partial charge in [-0.1, -0.05) is 25.5 Å². The van der Waals surface area contributed by atoms with Gasteiger partial charge in [0.05, 0.1) is 18.7 Å². The lowest BCUT2D eigenvalue weighted by Crippen LogP contribution is -2.92. The first-order valence-electron chi connectivity index (χ1n) is 11.7. The number of aliphatic carboxylic acids is 1. The number of carbonyl (C=O) groups excluding carboxylic acids is 1. The van der Waals surface area contributed by atoms with Gasteiger partial charge in [0.15, 0.2) is 0 Å². The molecule has 0 radical (unpaired) electrons. The van der Waals surface area contributed by atoms with Crippen molar-refractivity contribution in [2.75, 3.05) is 12.3 Å². The number of carboxylic acid groups (broad SMARTS) is 1. The highest BCUT2D eigenvalue weighted by Gasteiger charge is 2.59. The number of aliphatic hydroxyl groups excluding tert-OH is 1. The molecule has 4 rings (SSSR count). The predicted molar refractivity (Wildman–Crippen MR) is 117 cm³/mol. The number of rotatable bonds is 4. The molecule has 3 saturated carbocycles. The molecule has 0 spiro atoms. The number of carbonyl (C=O) groups is 1. The molecule has 0 heterocycles. The molecule has 0 amide bonds. The van der Waals surface area contributed by atoms with Crippen molar-refractivity contribution in [3.05, 3.63) is 11.6 Å². The summed E-state index contributed by atoms with van der Waals surface area (Å²) in [5, 5.41) is 21.7. The quantitative estimate of drug-likeness (QED) is 0.369. The number of hydrogen-bond donors (Lipinski definition) is 3. The minimum atomic E-state index is -1.08. The van der Waals surface area contributed by atoms with Crippen LogP contribution in [0.2, 0.25) is 0 Å². The molecule has 3 unspecified atom stereocenters. The lowest BCUT2D eigenvalue weighted by Gasteiger charge is -2.57. The Hall–Kier alpha value is -0.520. The highest BCUT2D eigenvalue weighted by molar-refractivity contribution is 7.80. The van der Waals surface area contributed by atoms with Crippen LogP contribution in [0.15, 0.2) is 11.6 Å². The van der Waals surface area contributed by atoms with E-state index in [4.69, 9.17) is 9.90 Å². The smallest absolute Gasteiger partial charge is 0.0916 e. The van der Waals surface area contributed by atoms with Crippen LogP contribution in [0.4, 0.5) is 0 Å². The van der Waals surface area contributed by atoms with Gasteiger partial charge in [0.25, 0.3) is 0 Å². The summed E-state index contributed by atoms with van der Waals surface area (Å²) in [5.74, 6) is 2.62. The van der Waals surface area contributed by atoms with Crippen LogP contribution in [0, 0.1) is 28.6 Å². The Labute approximate surface area is 182 Å². The number of fused-ring (bicyclic) bond motifs is 5. The number of allylic oxidation sites excluding steroid dienone is 1. The molecule has 0 aromatic rings. The molecule has 0 aromatic carbocycles. The van der Waals surface area contributed by atoms with E-state index in [0.717, 1.165) is 49.3 Å². The highest BCUT2D eigenvalue weighted by atomic mass is 32.1. The molecule has 4 aliphatic rings. The molecule has 7 atom stereocenters. The first-order chi connectivity index (χ1) is 13.7. The minimum Gasteiger partial charge on any atom is -0.550 e. The summed E-state index contributed by atoms with van der Waals surface area (Å²) < 4.78 is 0. The normalized spacial score (nSPS) is 43.2. The predicted octanol–water partition coefficient (Wildman–Crippen LogP) is 2.32. The summed E-state index contributed by atoms with van der Waals surface area (Å²) in [4.78, 5) is 8.89. The van der Waals surface area contributed by atoms with Crippen molar-refractivity contribution < 1.29 is 20.3 Å². The lowest BCUT2D eigenvalue weighted by molar-refractivity contribution is -0.701. The van der Waals surface area contributed by atoms with E-state index in [9.17, 15) is 5.11 Å². The first-order valence-corrected chi connectivity index (χ1v) is 12.3. The minimum absolute atomic E-state index is 0.0815. The van der Waals surface area contributed by atoms with Gasteiger partial charge in [-0.2, -0.15) is 12.6 Å². The van der Waals surface area contributed by atoms with Crippen molar-refractivity contribution in [2.45, 2.75) is 90.7 Å². The number of nitrogens with two attached hydrogens (primary N) is 1. The summed E-state index contributed by atoms with van der Waals surface area (Å²) in [6.07, 6.45) is 13.9. The van der Waals surface area contributed by atoms with E-state index in [-0.39, 0.29) is 6.10 Å². The van der Waals surface area contributed by atoms with Crippen molar-refractivity contribution in [3.8, 4) is 0 Å². The Morgan fingerprint density at radius 1 is 1.24 bits per heavy atom. The fourth-order valence-electron chi connectivity index (χ4n) is 7.48. The Bertz CT molecular complexity index is 619. The SMILES string of the molecule is CC(=O)[O-].C[C@]12CC[C@H](O)CC1=CCC1C2CC[C@@]2(C)C1CC[C@@H]2[NH2+]CCCS. The van der Waals surface area contributed by atoms with Crippen LogP contribution < -0.4 is 10.4 Å². The Morgan fingerprint density at radius 2 is 1.97 bits per heavy atom. The molecule has 3 fully saturated rings. The molecule has 166 valence electrons. The summed E-state index contributed by atoms with van der Waals surface area (Å²) in [7, 11) is 0. The van der Waals surface area contributed by atoms with Crippen molar-refractivity contribution in [2.24, 2.45) is 28.6 Å². The molecular weight excluding hydrogens is 382 g/mol. The zero-order chi connectivity index (χ0) is 21.2. The van der Waals surface area contributed by atoms with Crippen molar-refractivity contribution in [1.82, 2.24) is 0 Å². The van der Waals surface area contributed by atoms with Crippen LogP contribution in [0.3, 0.4) is 0 Å². The Morgan fingerprint density at radius 3 is 2.66 bits per heavy atom. The number of carboxylic acids is 1. The van der Waals surface area contributed by atoms with Gasteiger partial charge in [-0.3, -0.25) is 0 Å². The molecule has 29 heavy (non-hydrogen) atoms. The Kier molecular flexibility index (Phi) is 7.44. The number of thiol groups is 1. The average Bonchev–Trinajstić information content (AvgIpc) is 2.99. The molecule has 4 aliphatic carbocycles. The molecule has 5 heteroatoms. The number of aliphatic hydroxyl groups is 1. The maximum atomic E-state index is 10.1. The fourth-order valence-corrected chi connectivity index (χ4v) is 7.66. The summed E-state index contributed by atoms with van der Waals surface area (Å²) in [5.41, 5.74) is 2.54. The van der Waals surface area contributed by atoms with Crippen LogP contribution in [0.25, 0.3) is 0 Å². The van der Waals surface area contributed by atoms with Crippen LogP contribution in [-0.4, -0.2) is 35.5 Å². The summed E-state index contributed by atoms with van der Waals surface area (Å²) in [6.45, 7) is 7.38. The second-order valence-corrected chi connectivity index (χ2v) is 10.9. The Balaban J connectivity index is 0.000000552. The average molecular weight is 424 g/mol. The van der Waals surface area contributed by atoms with Crippen molar-refractivity contribution in [1.29, 1.82) is 0 Å². The fraction of sp³-hybridized carbons (Fsp3) is 0.875. The van der Waals surface area contributed by atoms with E-state index >= 15 is 0 Å². The van der Waals surface area contributed by atoms with Gasteiger partial charge >= 0.3 is 0 Å². The zero-order valence-electron chi connectivity index (χ0n) is 18.5. The van der Waals surface area contributed by atoms with Gasteiger partial charge in [-0.15, -0.1) is 0 Å². The van der Waals surface area contributed by atoms with Gasteiger partial charge in [-0.05, 0) is 80.8 Å². The molecule has 3 N–H and O–H groups in total. The molecule has 0 saturated heterocycles. The third kappa shape index (κ3) is 4.57. The van der Waals surface area contributed by atoms with Gasteiger partial charge < -0.3 is 20.3 Å². The van der Waals surface area contributed by atoms with Crippen molar-refractivity contribution >= 4 is 18.6 Å². The molecular formula is C24H41NO3S. The van der Waals surface area contributed by atoms with E-state index < -0.39 is 5.97 Å². The van der Waals surface area contributed by atoms with Gasteiger partial charge in [0, 0.05) is 24.2 Å². The van der Waals surface area contributed by atoms with Crippen LogP contribution in [0.5, 0.6) is 0 Å². The van der Waals surface area contributed by atoms with E-state index in [1.807, 2.05) is 0 Å². The largest absolute Gasteiger partial charge is 0.550 e. The van der Waals surface area contributed by atoms with Crippen LogP contribution in [-0.2, 0) is 4.79 Å². The second kappa shape index (κ2) is 9.32. The third-order valence-corrected chi connectivity index (χ3v) is 9.28. The van der Waals surface area contributed by atoms with E-state index in [1.54, 1.807) is 5.57 Å².